The van der Waals surface area contributed by atoms with Crippen molar-refractivity contribution in [1.82, 2.24) is 0 Å². The van der Waals surface area contributed by atoms with Gasteiger partial charge in [-0.1, -0.05) is 0 Å². The van der Waals surface area contributed by atoms with E-state index in [4.69, 9.17) is 4.74 Å². The van der Waals surface area contributed by atoms with Gasteiger partial charge in [-0.2, -0.15) is 0 Å². The van der Waals surface area contributed by atoms with E-state index in [9.17, 15) is 19.3 Å². The lowest BCUT2D eigenvalue weighted by atomic mass is 10.3. The second-order valence-corrected chi connectivity index (χ2v) is 5.83. The van der Waals surface area contributed by atoms with Gasteiger partial charge in [-0.05, 0) is 34.1 Å². The van der Waals surface area contributed by atoms with Gasteiger partial charge in [0.1, 0.15) is 10.7 Å². The van der Waals surface area contributed by atoms with Crippen LogP contribution in [0.5, 0.6) is 5.75 Å². The number of hydrogen-bond donors (Lipinski definition) is 0. The summed E-state index contributed by atoms with van der Waals surface area (Å²) in [6.07, 6.45) is 0. The van der Waals surface area contributed by atoms with E-state index in [1.165, 1.54) is 6.07 Å². The van der Waals surface area contributed by atoms with Crippen molar-refractivity contribution in [3.05, 3.63) is 54.9 Å². The van der Waals surface area contributed by atoms with Gasteiger partial charge in [0, 0.05) is 12.1 Å². The van der Waals surface area contributed by atoms with Crippen molar-refractivity contribution >= 4 is 38.9 Å². The molecule has 2 aromatic rings. The molecule has 8 heteroatoms. The third kappa shape index (κ3) is 3.15. The zero-order valence-corrected chi connectivity index (χ0v) is 11.5. The summed E-state index contributed by atoms with van der Waals surface area (Å²) in [5.74, 6) is -1.91. The molecule has 0 fully saturated rings. The van der Waals surface area contributed by atoms with E-state index < -0.39 is 28.1 Å². The highest BCUT2D eigenvalue weighted by Gasteiger charge is 2.20. The van der Waals surface area contributed by atoms with E-state index >= 15 is 0 Å². The summed E-state index contributed by atoms with van der Waals surface area (Å²) in [5.41, 5.74) is -0.467. The Kier molecular flexibility index (Phi) is 3.91. The summed E-state index contributed by atoms with van der Waals surface area (Å²) in [4.78, 5) is 22.0. The van der Waals surface area contributed by atoms with Crippen LogP contribution < -0.4 is 4.74 Å². The number of halogens is 2. The number of carbonyl (C=O) groups excluding carboxylic acids is 1. The summed E-state index contributed by atoms with van der Waals surface area (Å²) in [6, 6.07) is 5.82. The number of nitro groups is 1. The van der Waals surface area contributed by atoms with Gasteiger partial charge in [0.15, 0.2) is 0 Å². The average molecular weight is 346 g/mol. The molecular weight excluding hydrogens is 341 g/mol. The second kappa shape index (κ2) is 5.45. The molecule has 0 aliphatic rings. The molecule has 0 radical (unpaired) electrons. The molecule has 0 saturated carbocycles. The number of hydrogen-bond acceptors (Lipinski definition) is 5. The fourth-order valence-electron chi connectivity index (χ4n) is 1.29. The zero-order chi connectivity index (χ0) is 14.0. The molecule has 1 aromatic heterocycles. The van der Waals surface area contributed by atoms with Crippen LogP contribution in [-0.4, -0.2) is 10.9 Å². The molecular formula is C11H5BrFNO4S. The van der Waals surface area contributed by atoms with Crippen molar-refractivity contribution in [3.63, 3.8) is 0 Å². The quantitative estimate of drug-likeness (QED) is 0.367. The van der Waals surface area contributed by atoms with Crippen LogP contribution in [-0.2, 0) is 0 Å². The first-order valence-electron chi connectivity index (χ1n) is 4.89. The Balaban J connectivity index is 2.30. The summed E-state index contributed by atoms with van der Waals surface area (Å²) >= 11 is 4.29. The molecule has 98 valence electrons. The van der Waals surface area contributed by atoms with Gasteiger partial charge in [-0.25, -0.2) is 9.18 Å². The predicted molar refractivity (Wildman–Crippen MR) is 70.0 cm³/mol. The Hall–Kier alpha value is -1.80. The molecule has 0 N–H and O–H groups in total. The number of thiophene rings is 1. The Morgan fingerprint density at radius 3 is 2.68 bits per heavy atom. The molecule has 0 bridgehead atoms. The molecule has 5 nitrogen and oxygen atoms in total. The summed E-state index contributed by atoms with van der Waals surface area (Å²) in [6.45, 7) is 0. The van der Waals surface area contributed by atoms with Gasteiger partial charge in [-0.3, -0.25) is 10.1 Å². The van der Waals surface area contributed by atoms with Crippen molar-refractivity contribution in [2.45, 2.75) is 0 Å². The van der Waals surface area contributed by atoms with Crippen LogP contribution in [0.25, 0.3) is 0 Å². The lowest BCUT2D eigenvalue weighted by Gasteiger charge is -2.03. The van der Waals surface area contributed by atoms with E-state index in [-0.39, 0.29) is 4.88 Å². The van der Waals surface area contributed by atoms with Crippen molar-refractivity contribution in [2.24, 2.45) is 0 Å². The van der Waals surface area contributed by atoms with E-state index in [0.29, 0.717) is 3.79 Å². The molecule has 0 unspecified atom stereocenters. The monoisotopic (exact) mass is 345 g/mol. The SMILES string of the molecule is O=C(Oc1cc(F)ccc1[N+](=O)[O-])c1ccc(Br)s1. The minimum absolute atomic E-state index is 0.255. The van der Waals surface area contributed by atoms with Crippen molar-refractivity contribution in [1.29, 1.82) is 0 Å². The van der Waals surface area contributed by atoms with Crippen LogP contribution in [0.15, 0.2) is 34.1 Å². The average Bonchev–Trinajstić information content (AvgIpc) is 2.75. The van der Waals surface area contributed by atoms with Crippen LogP contribution >= 0.6 is 27.3 Å². The smallest absolute Gasteiger partial charge is 0.353 e. The Labute approximate surface area is 118 Å². The third-order valence-electron chi connectivity index (χ3n) is 2.10. The highest BCUT2D eigenvalue weighted by Crippen LogP contribution is 2.29. The summed E-state index contributed by atoms with van der Waals surface area (Å²) in [5, 5.41) is 10.7. The summed E-state index contributed by atoms with van der Waals surface area (Å²) in [7, 11) is 0. The molecule has 0 aliphatic carbocycles. The van der Waals surface area contributed by atoms with E-state index in [2.05, 4.69) is 15.9 Å². The highest BCUT2D eigenvalue weighted by molar-refractivity contribution is 9.11. The number of carbonyl (C=O) groups is 1. The van der Waals surface area contributed by atoms with Crippen molar-refractivity contribution in [2.75, 3.05) is 0 Å². The molecule has 2 rings (SSSR count). The second-order valence-electron chi connectivity index (χ2n) is 3.36. The number of ether oxygens (including phenoxy) is 1. The summed E-state index contributed by atoms with van der Waals surface area (Å²) < 4.78 is 18.6. The Morgan fingerprint density at radius 2 is 2.11 bits per heavy atom. The molecule has 0 atom stereocenters. The van der Waals surface area contributed by atoms with Crippen LogP contribution in [0.3, 0.4) is 0 Å². The molecule has 0 aliphatic heterocycles. The topological polar surface area (TPSA) is 69.4 Å². The maximum Gasteiger partial charge on any atom is 0.353 e. The first-order valence-corrected chi connectivity index (χ1v) is 6.50. The molecule has 1 heterocycles. The van der Waals surface area contributed by atoms with Gasteiger partial charge in [0.2, 0.25) is 5.75 Å². The van der Waals surface area contributed by atoms with Crippen molar-refractivity contribution in [3.8, 4) is 5.75 Å². The Morgan fingerprint density at radius 1 is 1.37 bits per heavy atom. The fraction of sp³-hybridized carbons (Fsp3) is 0. The molecule has 19 heavy (non-hydrogen) atoms. The van der Waals surface area contributed by atoms with Gasteiger partial charge in [0.05, 0.1) is 8.71 Å². The highest BCUT2D eigenvalue weighted by atomic mass is 79.9. The number of esters is 1. The first-order chi connectivity index (χ1) is 8.97. The van der Waals surface area contributed by atoms with Gasteiger partial charge in [-0.15, -0.1) is 11.3 Å². The minimum atomic E-state index is -0.774. The van der Waals surface area contributed by atoms with Gasteiger partial charge >= 0.3 is 11.7 Å². The zero-order valence-electron chi connectivity index (χ0n) is 9.13. The fourth-order valence-corrected chi connectivity index (χ4v) is 2.56. The number of benzene rings is 1. The molecule has 1 aromatic carbocycles. The van der Waals surface area contributed by atoms with Gasteiger partial charge < -0.3 is 4.74 Å². The van der Waals surface area contributed by atoms with Crippen LogP contribution in [0.2, 0.25) is 0 Å². The first kappa shape index (κ1) is 13.6. The van der Waals surface area contributed by atoms with Gasteiger partial charge in [0.25, 0.3) is 0 Å². The van der Waals surface area contributed by atoms with Crippen molar-refractivity contribution < 1.29 is 18.8 Å². The standard InChI is InChI=1S/C11H5BrFNO4S/c12-10-4-3-9(19-10)11(15)18-8-5-6(13)1-2-7(8)14(16)17/h1-5H. The maximum absolute atomic E-state index is 13.0. The van der Waals surface area contributed by atoms with E-state index in [0.717, 1.165) is 29.5 Å². The van der Waals surface area contributed by atoms with Crippen LogP contribution in [0.1, 0.15) is 9.67 Å². The van der Waals surface area contributed by atoms with E-state index in [1.807, 2.05) is 0 Å². The lowest BCUT2D eigenvalue weighted by Crippen LogP contribution is -2.08. The largest absolute Gasteiger partial charge is 0.415 e. The third-order valence-corrected chi connectivity index (χ3v) is 3.70. The normalized spacial score (nSPS) is 10.2. The minimum Gasteiger partial charge on any atom is -0.415 e. The number of rotatable bonds is 3. The maximum atomic E-state index is 13.0. The number of nitro benzene ring substituents is 1. The van der Waals surface area contributed by atoms with E-state index in [1.54, 1.807) is 6.07 Å². The molecule has 0 spiro atoms. The Bertz CT molecular complexity index is 658. The van der Waals surface area contributed by atoms with Crippen LogP contribution in [0, 0.1) is 15.9 Å². The molecule has 0 amide bonds. The molecule has 0 saturated heterocycles. The van der Waals surface area contributed by atoms with Crippen LogP contribution in [0.4, 0.5) is 10.1 Å². The lowest BCUT2D eigenvalue weighted by molar-refractivity contribution is -0.385. The number of nitrogens with zero attached hydrogens (tertiary/aromatic N) is 1. The predicted octanol–water partition coefficient (Wildman–Crippen LogP) is 3.78.